The second-order valence-corrected chi connectivity index (χ2v) is 8.10. The molecule has 2 heterocycles. The minimum atomic E-state index is -0.0536. The Morgan fingerprint density at radius 3 is 3.00 bits per heavy atom. The molecule has 2 saturated carbocycles. The lowest BCUT2D eigenvalue weighted by atomic mass is 9.87. The van der Waals surface area contributed by atoms with Gasteiger partial charge in [0.1, 0.15) is 5.75 Å². The van der Waals surface area contributed by atoms with Crippen molar-refractivity contribution >= 4 is 17.5 Å². The Hall–Kier alpha value is -1.26. The first kappa shape index (κ1) is 15.0. The summed E-state index contributed by atoms with van der Waals surface area (Å²) in [4.78, 5) is 15.4. The second kappa shape index (κ2) is 5.37. The van der Waals surface area contributed by atoms with Gasteiger partial charge in [-0.1, -0.05) is 11.6 Å². The standard InChI is InChI=1S/C19H22ClNO3/c20-13-3-4-17-14(9-13)19(5-7-24-17)10-15(19)18(22)21-6-8-23-11-16(21)12-1-2-12/h3-4,9,12,15-16H,1-2,5-8,10-11H2/t15-,16?,19-/m0/s1. The highest BCUT2D eigenvalue weighted by atomic mass is 35.5. The zero-order valence-corrected chi connectivity index (χ0v) is 14.4. The van der Waals surface area contributed by atoms with Crippen molar-refractivity contribution in [1.82, 2.24) is 4.90 Å². The van der Waals surface area contributed by atoms with E-state index in [0.29, 0.717) is 37.7 Å². The molecule has 3 atom stereocenters. The van der Waals surface area contributed by atoms with Crippen molar-refractivity contribution in [3.8, 4) is 5.75 Å². The molecule has 2 aliphatic carbocycles. The normalized spacial score (nSPS) is 34.6. The maximum atomic E-state index is 13.3. The Labute approximate surface area is 147 Å². The molecule has 1 amide bonds. The van der Waals surface area contributed by atoms with Crippen LogP contribution < -0.4 is 4.74 Å². The van der Waals surface area contributed by atoms with Gasteiger partial charge in [0.15, 0.2) is 0 Å². The topological polar surface area (TPSA) is 38.8 Å². The Bertz CT molecular complexity index is 689. The van der Waals surface area contributed by atoms with E-state index in [1.807, 2.05) is 18.2 Å². The molecule has 1 spiro atoms. The summed E-state index contributed by atoms with van der Waals surface area (Å²) in [6, 6.07) is 6.10. The first-order chi connectivity index (χ1) is 11.7. The van der Waals surface area contributed by atoms with Crippen LogP contribution in [0.2, 0.25) is 5.02 Å². The third-order valence-corrected chi connectivity index (χ3v) is 6.51. The van der Waals surface area contributed by atoms with Crippen LogP contribution in [0, 0.1) is 11.8 Å². The number of rotatable bonds is 2. The number of hydrogen-bond donors (Lipinski definition) is 0. The van der Waals surface area contributed by atoms with Crippen LogP contribution >= 0.6 is 11.6 Å². The van der Waals surface area contributed by atoms with E-state index in [9.17, 15) is 4.79 Å². The second-order valence-electron chi connectivity index (χ2n) is 7.66. The summed E-state index contributed by atoms with van der Waals surface area (Å²) in [6.07, 6.45) is 4.31. The number of hydrogen-bond acceptors (Lipinski definition) is 3. The van der Waals surface area contributed by atoms with E-state index in [4.69, 9.17) is 21.1 Å². The summed E-state index contributed by atoms with van der Waals surface area (Å²) in [5.74, 6) is 1.96. The Kier molecular flexibility index (Phi) is 3.36. The molecular formula is C19H22ClNO3. The highest BCUT2D eigenvalue weighted by Crippen LogP contribution is 2.61. The number of amides is 1. The Balaban J connectivity index is 1.42. The van der Waals surface area contributed by atoms with Gasteiger partial charge in [-0.15, -0.1) is 0 Å². The van der Waals surface area contributed by atoms with Gasteiger partial charge in [-0.05, 0) is 49.8 Å². The van der Waals surface area contributed by atoms with E-state index in [2.05, 4.69) is 4.90 Å². The van der Waals surface area contributed by atoms with Crippen LogP contribution in [-0.4, -0.2) is 43.2 Å². The van der Waals surface area contributed by atoms with Crippen LogP contribution in [-0.2, 0) is 14.9 Å². The van der Waals surface area contributed by atoms with Gasteiger partial charge in [0.05, 0.1) is 25.9 Å². The molecule has 4 nitrogen and oxygen atoms in total. The number of fused-ring (bicyclic) bond motifs is 2. The van der Waals surface area contributed by atoms with Crippen LogP contribution in [0.3, 0.4) is 0 Å². The van der Waals surface area contributed by atoms with Crippen LogP contribution in [0.4, 0.5) is 0 Å². The van der Waals surface area contributed by atoms with Gasteiger partial charge in [-0.2, -0.15) is 0 Å². The van der Waals surface area contributed by atoms with E-state index >= 15 is 0 Å². The summed E-state index contributed by atoms with van der Waals surface area (Å²) in [5, 5.41) is 0.721. The fraction of sp³-hybridized carbons (Fsp3) is 0.632. The average molecular weight is 348 g/mol. The van der Waals surface area contributed by atoms with Crippen molar-refractivity contribution in [1.29, 1.82) is 0 Å². The largest absolute Gasteiger partial charge is 0.493 e. The van der Waals surface area contributed by atoms with Gasteiger partial charge in [0.25, 0.3) is 0 Å². The molecule has 1 aromatic rings. The monoisotopic (exact) mass is 347 g/mol. The predicted molar refractivity (Wildman–Crippen MR) is 90.4 cm³/mol. The molecule has 2 aliphatic heterocycles. The van der Waals surface area contributed by atoms with Gasteiger partial charge in [-0.25, -0.2) is 0 Å². The molecule has 5 heteroatoms. The number of halogens is 1. The number of nitrogens with zero attached hydrogens (tertiary/aromatic N) is 1. The van der Waals surface area contributed by atoms with Crippen molar-refractivity contribution in [2.45, 2.75) is 37.1 Å². The molecule has 1 saturated heterocycles. The molecular weight excluding hydrogens is 326 g/mol. The van der Waals surface area contributed by atoms with Gasteiger partial charge >= 0.3 is 0 Å². The van der Waals surface area contributed by atoms with E-state index in [1.54, 1.807) is 0 Å². The lowest BCUT2D eigenvalue weighted by molar-refractivity contribution is -0.142. The quantitative estimate of drug-likeness (QED) is 0.825. The SMILES string of the molecule is O=C([C@@H]1C[C@]12CCOc1ccc(Cl)cc12)N1CCOCC1C1CC1. The average Bonchev–Trinajstić information content (AvgIpc) is 3.51. The highest BCUT2D eigenvalue weighted by molar-refractivity contribution is 6.30. The molecule has 1 unspecified atom stereocenters. The zero-order chi connectivity index (χ0) is 16.3. The first-order valence-corrected chi connectivity index (χ1v) is 9.38. The van der Waals surface area contributed by atoms with Crippen molar-refractivity contribution in [3.05, 3.63) is 28.8 Å². The number of carbonyl (C=O) groups excluding carboxylic acids is 1. The Morgan fingerprint density at radius 2 is 2.17 bits per heavy atom. The number of carbonyl (C=O) groups is 1. The molecule has 5 rings (SSSR count). The fourth-order valence-corrected chi connectivity index (χ4v) is 4.84. The molecule has 0 aromatic heterocycles. The van der Waals surface area contributed by atoms with Crippen LogP contribution in [0.15, 0.2) is 18.2 Å². The van der Waals surface area contributed by atoms with Gasteiger partial charge in [0, 0.05) is 28.5 Å². The third kappa shape index (κ3) is 2.26. The van der Waals surface area contributed by atoms with Gasteiger partial charge < -0.3 is 14.4 Å². The highest BCUT2D eigenvalue weighted by Gasteiger charge is 2.62. The molecule has 3 fully saturated rings. The first-order valence-electron chi connectivity index (χ1n) is 9.00. The van der Waals surface area contributed by atoms with Crippen molar-refractivity contribution in [2.24, 2.45) is 11.8 Å². The summed E-state index contributed by atoms with van der Waals surface area (Å²) in [6.45, 7) is 2.81. The van der Waals surface area contributed by atoms with Crippen LogP contribution in [0.25, 0.3) is 0 Å². The third-order valence-electron chi connectivity index (χ3n) is 6.27. The molecule has 0 N–H and O–H groups in total. The molecule has 4 aliphatic rings. The zero-order valence-electron chi connectivity index (χ0n) is 13.7. The van der Waals surface area contributed by atoms with Crippen molar-refractivity contribution < 1.29 is 14.3 Å². The molecule has 0 radical (unpaired) electrons. The summed E-state index contributed by atoms with van der Waals surface area (Å²) in [5.41, 5.74) is 1.08. The van der Waals surface area contributed by atoms with Gasteiger partial charge in [0.2, 0.25) is 5.91 Å². The number of morpholine rings is 1. The van der Waals surface area contributed by atoms with Crippen molar-refractivity contribution in [2.75, 3.05) is 26.4 Å². The van der Waals surface area contributed by atoms with Crippen molar-refractivity contribution in [3.63, 3.8) is 0 Å². The molecule has 0 bridgehead atoms. The van der Waals surface area contributed by atoms with Crippen LogP contribution in [0.1, 0.15) is 31.2 Å². The number of ether oxygens (including phenoxy) is 2. The molecule has 1 aromatic carbocycles. The van der Waals surface area contributed by atoms with E-state index in [1.165, 1.54) is 12.8 Å². The molecule has 24 heavy (non-hydrogen) atoms. The summed E-state index contributed by atoms with van der Waals surface area (Å²) >= 11 is 6.21. The minimum absolute atomic E-state index is 0.0536. The van der Waals surface area contributed by atoms with E-state index in [-0.39, 0.29) is 11.3 Å². The van der Waals surface area contributed by atoms with Crippen LogP contribution in [0.5, 0.6) is 5.75 Å². The minimum Gasteiger partial charge on any atom is -0.493 e. The van der Waals surface area contributed by atoms with E-state index in [0.717, 1.165) is 35.7 Å². The number of benzene rings is 1. The predicted octanol–water partition coefficient (Wildman–Crippen LogP) is 3.02. The maximum absolute atomic E-state index is 13.3. The summed E-state index contributed by atoms with van der Waals surface area (Å²) in [7, 11) is 0. The Morgan fingerprint density at radius 1 is 1.29 bits per heavy atom. The maximum Gasteiger partial charge on any atom is 0.227 e. The lowest BCUT2D eigenvalue weighted by Crippen LogP contribution is -2.51. The fourth-order valence-electron chi connectivity index (χ4n) is 4.67. The summed E-state index contributed by atoms with van der Waals surface area (Å²) < 4.78 is 11.4. The molecule has 128 valence electrons. The lowest BCUT2D eigenvalue weighted by Gasteiger charge is -2.37. The van der Waals surface area contributed by atoms with E-state index < -0.39 is 0 Å². The smallest absolute Gasteiger partial charge is 0.227 e. The van der Waals surface area contributed by atoms with Gasteiger partial charge in [-0.3, -0.25) is 4.79 Å².